The van der Waals surface area contributed by atoms with Crippen LogP contribution in [-0.2, 0) is 0 Å². The number of hydrogen-bond donors (Lipinski definition) is 3. The Morgan fingerprint density at radius 2 is 1.83 bits per heavy atom. The summed E-state index contributed by atoms with van der Waals surface area (Å²) in [6, 6.07) is 0.981. The smallest absolute Gasteiger partial charge is 0.0510 e. The van der Waals surface area contributed by atoms with E-state index in [0.29, 0.717) is 12.1 Å². The number of rotatable bonds is 4. The molecule has 0 heterocycles. The van der Waals surface area contributed by atoms with Gasteiger partial charge in [0.15, 0.2) is 0 Å². The highest BCUT2D eigenvalue weighted by molar-refractivity contribution is 4.97. The summed E-state index contributed by atoms with van der Waals surface area (Å²) in [5.74, 6) is 0. The van der Waals surface area contributed by atoms with Crippen molar-refractivity contribution in [1.29, 1.82) is 0 Å². The average Bonchev–Trinajstić information content (AvgIpc) is 1.95. The van der Waals surface area contributed by atoms with Gasteiger partial charge in [-0.1, -0.05) is 13.8 Å². The van der Waals surface area contributed by atoms with Crippen molar-refractivity contribution in [2.45, 2.75) is 38.8 Å². The van der Waals surface area contributed by atoms with E-state index >= 15 is 0 Å². The van der Waals surface area contributed by atoms with Crippen molar-refractivity contribution in [3.8, 4) is 0 Å². The van der Waals surface area contributed by atoms with Crippen LogP contribution in [0.1, 0.15) is 26.7 Å². The fraction of sp³-hybridized carbons (Fsp3) is 1.00. The zero-order valence-corrected chi connectivity index (χ0v) is 7.88. The summed E-state index contributed by atoms with van der Waals surface area (Å²) in [7, 11) is 0. The van der Waals surface area contributed by atoms with E-state index < -0.39 is 0 Å². The van der Waals surface area contributed by atoms with E-state index in [1.165, 1.54) is 0 Å². The zero-order chi connectivity index (χ0) is 9.19. The molecule has 1 aliphatic carbocycles. The molecular formula is C9H19NO2. The average molecular weight is 173 g/mol. The molecule has 0 radical (unpaired) electrons. The minimum atomic E-state index is -0.188. The molecule has 3 heteroatoms. The Balaban J connectivity index is 2.25. The summed E-state index contributed by atoms with van der Waals surface area (Å²) >= 11 is 0. The molecule has 1 rings (SSSR count). The Kier molecular flexibility index (Phi) is 3.09. The van der Waals surface area contributed by atoms with E-state index in [0.717, 1.165) is 12.8 Å². The second-order valence-electron chi connectivity index (χ2n) is 4.24. The Morgan fingerprint density at radius 1 is 1.33 bits per heavy atom. The SMILES string of the molecule is CC(C)NC1CC(CO)(CO)C1. The van der Waals surface area contributed by atoms with Crippen LogP contribution in [-0.4, -0.2) is 35.5 Å². The molecule has 0 atom stereocenters. The molecule has 0 aliphatic heterocycles. The Hall–Kier alpha value is -0.120. The van der Waals surface area contributed by atoms with Gasteiger partial charge in [-0.15, -0.1) is 0 Å². The van der Waals surface area contributed by atoms with Gasteiger partial charge in [-0.05, 0) is 12.8 Å². The van der Waals surface area contributed by atoms with Crippen molar-refractivity contribution < 1.29 is 10.2 Å². The highest BCUT2D eigenvalue weighted by Gasteiger charge is 2.43. The first-order valence-electron chi connectivity index (χ1n) is 4.60. The maximum Gasteiger partial charge on any atom is 0.0510 e. The lowest BCUT2D eigenvalue weighted by Crippen LogP contribution is -2.54. The summed E-state index contributed by atoms with van der Waals surface area (Å²) in [6.45, 7) is 4.44. The predicted molar refractivity (Wildman–Crippen MR) is 47.9 cm³/mol. The first-order chi connectivity index (χ1) is 5.62. The largest absolute Gasteiger partial charge is 0.396 e. The maximum absolute atomic E-state index is 9.00. The van der Waals surface area contributed by atoms with Crippen LogP contribution in [0.15, 0.2) is 0 Å². The highest BCUT2D eigenvalue weighted by atomic mass is 16.3. The molecule has 1 aliphatic rings. The van der Waals surface area contributed by atoms with Crippen LogP contribution < -0.4 is 5.32 Å². The van der Waals surface area contributed by atoms with E-state index in [-0.39, 0.29) is 18.6 Å². The molecule has 1 saturated carbocycles. The Labute approximate surface area is 73.8 Å². The van der Waals surface area contributed by atoms with E-state index in [1.807, 2.05) is 0 Å². The molecule has 3 N–H and O–H groups in total. The van der Waals surface area contributed by atoms with Gasteiger partial charge in [-0.3, -0.25) is 0 Å². The molecule has 1 fully saturated rings. The minimum absolute atomic E-state index is 0.111. The van der Waals surface area contributed by atoms with Crippen LogP contribution in [0.5, 0.6) is 0 Å². The molecule has 3 nitrogen and oxygen atoms in total. The van der Waals surface area contributed by atoms with Gasteiger partial charge in [0.2, 0.25) is 0 Å². The van der Waals surface area contributed by atoms with Crippen LogP contribution in [0.3, 0.4) is 0 Å². The standard InChI is InChI=1S/C9H19NO2/c1-7(2)10-8-3-9(4-8,5-11)6-12/h7-8,10-12H,3-6H2,1-2H3. The topological polar surface area (TPSA) is 52.5 Å². The summed E-state index contributed by atoms with van der Waals surface area (Å²) in [5.41, 5.74) is -0.188. The second kappa shape index (κ2) is 3.73. The Bertz CT molecular complexity index is 135. The number of hydrogen-bond acceptors (Lipinski definition) is 3. The summed E-state index contributed by atoms with van der Waals surface area (Å²) < 4.78 is 0. The number of aliphatic hydroxyl groups excluding tert-OH is 2. The molecule has 0 aromatic rings. The van der Waals surface area contributed by atoms with Crippen molar-refractivity contribution in [2.24, 2.45) is 5.41 Å². The number of nitrogens with one attached hydrogen (secondary N) is 1. The van der Waals surface area contributed by atoms with Gasteiger partial charge in [-0.25, -0.2) is 0 Å². The molecule has 0 unspecified atom stereocenters. The van der Waals surface area contributed by atoms with Crippen LogP contribution in [0.2, 0.25) is 0 Å². The first-order valence-corrected chi connectivity index (χ1v) is 4.60. The normalized spacial score (nSPS) is 22.8. The van der Waals surface area contributed by atoms with Crippen LogP contribution in [0.4, 0.5) is 0 Å². The first kappa shape index (κ1) is 9.96. The molecule has 0 aromatic carbocycles. The van der Waals surface area contributed by atoms with Gasteiger partial charge in [0.05, 0.1) is 13.2 Å². The van der Waals surface area contributed by atoms with Gasteiger partial charge < -0.3 is 15.5 Å². The van der Waals surface area contributed by atoms with Crippen LogP contribution in [0, 0.1) is 5.41 Å². The fourth-order valence-electron chi connectivity index (χ4n) is 1.88. The lowest BCUT2D eigenvalue weighted by Gasteiger charge is -2.46. The molecular weight excluding hydrogens is 154 g/mol. The quantitative estimate of drug-likeness (QED) is 0.566. The van der Waals surface area contributed by atoms with Crippen LogP contribution >= 0.6 is 0 Å². The molecule has 0 spiro atoms. The summed E-state index contributed by atoms with van der Waals surface area (Å²) in [5, 5.41) is 21.4. The third-order valence-electron chi connectivity index (χ3n) is 2.60. The maximum atomic E-state index is 9.00. The van der Waals surface area contributed by atoms with Crippen molar-refractivity contribution in [3.63, 3.8) is 0 Å². The third-order valence-corrected chi connectivity index (χ3v) is 2.60. The highest BCUT2D eigenvalue weighted by Crippen LogP contribution is 2.40. The lowest BCUT2D eigenvalue weighted by atomic mass is 9.66. The molecule has 12 heavy (non-hydrogen) atoms. The second-order valence-corrected chi connectivity index (χ2v) is 4.24. The molecule has 0 aromatic heterocycles. The van der Waals surface area contributed by atoms with E-state index in [1.54, 1.807) is 0 Å². The van der Waals surface area contributed by atoms with Gasteiger partial charge in [0, 0.05) is 17.5 Å². The zero-order valence-electron chi connectivity index (χ0n) is 7.88. The van der Waals surface area contributed by atoms with Gasteiger partial charge in [0.1, 0.15) is 0 Å². The van der Waals surface area contributed by atoms with Crippen molar-refractivity contribution >= 4 is 0 Å². The summed E-state index contributed by atoms with van der Waals surface area (Å²) in [6.07, 6.45) is 1.80. The fourth-order valence-corrected chi connectivity index (χ4v) is 1.88. The van der Waals surface area contributed by atoms with E-state index in [4.69, 9.17) is 10.2 Å². The lowest BCUT2D eigenvalue weighted by molar-refractivity contribution is -0.0334. The van der Waals surface area contributed by atoms with Crippen molar-refractivity contribution in [1.82, 2.24) is 5.32 Å². The molecule has 0 bridgehead atoms. The van der Waals surface area contributed by atoms with Crippen molar-refractivity contribution in [3.05, 3.63) is 0 Å². The minimum Gasteiger partial charge on any atom is -0.396 e. The third kappa shape index (κ3) is 1.97. The molecule has 72 valence electrons. The van der Waals surface area contributed by atoms with Gasteiger partial charge >= 0.3 is 0 Å². The number of aliphatic hydroxyl groups is 2. The van der Waals surface area contributed by atoms with E-state index in [2.05, 4.69) is 19.2 Å². The predicted octanol–water partition coefficient (Wildman–Crippen LogP) is 0.118. The molecule has 0 amide bonds. The Morgan fingerprint density at radius 3 is 2.17 bits per heavy atom. The monoisotopic (exact) mass is 173 g/mol. The van der Waals surface area contributed by atoms with Crippen LogP contribution in [0.25, 0.3) is 0 Å². The molecule has 0 saturated heterocycles. The van der Waals surface area contributed by atoms with E-state index in [9.17, 15) is 0 Å². The van der Waals surface area contributed by atoms with Gasteiger partial charge in [-0.2, -0.15) is 0 Å². The summed E-state index contributed by atoms with van der Waals surface area (Å²) in [4.78, 5) is 0. The van der Waals surface area contributed by atoms with Crippen molar-refractivity contribution in [2.75, 3.05) is 13.2 Å². The van der Waals surface area contributed by atoms with Gasteiger partial charge in [0.25, 0.3) is 0 Å².